The lowest BCUT2D eigenvalue weighted by atomic mass is 10.0. The monoisotopic (exact) mass is 449 g/mol. The van der Waals surface area contributed by atoms with Crippen LogP contribution in [0.1, 0.15) is 38.5 Å². The first-order valence-electron chi connectivity index (χ1n) is 10.6. The van der Waals surface area contributed by atoms with Gasteiger partial charge in [-0.1, -0.05) is 6.42 Å². The van der Waals surface area contributed by atoms with Crippen molar-refractivity contribution in [2.45, 2.75) is 74.5 Å². The van der Waals surface area contributed by atoms with E-state index in [4.69, 9.17) is 10.5 Å². The highest BCUT2D eigenvalue weighted by atomic mass is 32.2. The standard InChI is InChI=1S/C18H36N6O5S/c19-7-3-4-11(9-29-17(20)27)22-15(26)8-21-14(25)6-2-1-5-13-16-12(10-30-13)23-18(28)24-16/h11-14,16,18,21,23-25,28H,1-10,19H2,(H2,20,27)(H,22,26)/p+1/t11-,12-,13-,14+,16-,18-/m0/s1. The molecule has 0 unspecified atom stereocenters. The molecule has 2 amide bonds. The van der Waals surface area contributed by atoms with Gasteiger partial charge in [0.1, 0.15) is 12.8 Å². The van der Waals surface area contributed by atoms with Crippen molar-refractivity contribution in [3.63, 3.8) is 0 Å². The fourth-order valence-electron chi connectivity index (χ4n) is 3.81. The van der Waals surface area contributed by atoms with Crippen molar-refractivity contribution in [3.8, 4) is 0 Å². The molecule has 2 heterocycles. The van der Waals surface area contributed by atoms with Crippen molar-refractivity contribution in [1.29, 1.82) is 0 Å². The van der Waals surface area contributed by atoms with Crippen LogP contribution in [0, 0.1) is 0 Å². The number of aliphatic hydroxyl groups is 2. The van der Waals surface area contributed by atoms with E-state index in [1.165, 1.54) is 0 Å². The number of quaternary nitrogens is 1. The number of carbonyl (C=O) groups is 2. The molecule has 2 aliphatic rings. The molecule has 0 spiro atoms. The molecule has 11 N–H and O–H groups in total. The van der Waals surface area contributed by atoms with E-state index >= 15 is 0 Å². The molecule has 6 atom stereocenters. The Morgan fingerprint density at radius 1 is 1.27 bits per heavy atom. The summed E-state index contributed by atoms with van der Waals surface area (Å²) < 4.78 is 4.78. The highest BCUT2D eigenvalue weighted by Gasteiger charge is 2.42. The van der Waals surface area contributed by atoms with E-state index in [-0.39, 0.29) is 25.1 Å². The van der Waals surface area contributed by atoms with Crippen molar-refractivity contribution in [1.82, 2.24) is 21.3 Å². The molecule has 0 aromatic heterocycles. The summed E-state index contributed by atoms with van der Waals surface area (Å²) in [6.07, 6.45) is 2.58. The molecule has 12 heteroatoms. The van der Waals surface area contributed by atoms with Crippen molar-refractivity contribution in [2.75, 3.05) is 25.4 Å². The van der Waals surface area contributed by atoms with E-state index < -0.39 is 18.7 Å². The smallest absolute Gasteiger partial charge is 0.404 e. The molecule has 2 rings (SSSR count). The number of hydrogen-bond donors (Lipinski definition) is 8. The number of amides is 2. The lowest BCUT2D eigenvalue weighted by Crippen LogP contribution is -2.51. The van der Waals surface area contributed by atoms with Gasteiger partial charge in [0, 0.05) is 23.1 Å². The second-order valence-corrected chi connectivity index (χ2v) is 9.08. The lowest BCUT2D eigenvalue weighted by Gasteiger charge is -2.19. The summed E-state index contributed by atoms with van der Waals surface area (Å²) in [5.74, 6) is 0.724. The highest BCUT2D eigenvalue weighted by Crippen LogP contribution is 2.33. The molecular formula is C18H37N6O5S+. The maximum atomic E-state index is 12.1. The quantitative estimate of drug-likeness (QED) is 0.104. The predicted octanol–water partition coefficient (Wildman–Crippen LogP) is -2.62. The van der Waals surface area contributed by atoms with Crippen LogP contribution in [0.2, 0.25) is 0 Å². The van der Waals surface area contributed by atoms with Gasteiger partial charge in [0.2, 0.25) is 5.91 Å². The third kappa shape index (κ3) is 8.92. The Balaban J connectivity index is 1.56. The van der Waals surface area contributed by atoms with Crippen molar-refractivity contribution < 1.29 is 30.3 Å². The summed E-state index contributed by atoms with van der Waals surface area (Å²) in [5, 5.41) is 32.1. The van der Waals surface area contributed by atoms with Gasteiger partial charge in [0.25, 0.3) is 0 Å². The Kier molecular flexibility index (Phi) is 11.1. The minimum absolute atomic E-state index is 0.0195. The second kappa shape index (κ2) is 13.3. The molecular weight excluding hydrogens is 412 g/mol. The first-order chi connectivity index (χ1) is 14.4. The van der Waals surface area contributed by atoms with E-state index in [2.05, 4.69) is 27.0 Å². The van der Waals surface area contributed by atoms with Gasteiger partial charge >= 0.3 is 6.09 Å². The molecule has 0 radical (unpaired) electrons. The number of fused-ring (bicyclic) bond motifs is 1. The van der Waals surface area contributed by atoms with Gasteiger partial charge in [-0.15, -0.1) is 0 Å². The van der Waals surface area contributed by atoms with Crippen molar-refractivity contribution >= 4 is 23.8 Å². The summed E-state index contributed by atoms with van der Waals surface area (Å²) >= 11 is 1.92. The SMILES string of the molecule is NC(=O)OC[C@H](CCC[NH3+])NC(=O)CN[C@H](O)CCCC[C@@H]1SC[C@@H]2N[C@H](O)N[C@@H]21. The van der Waals surface area contributed by atoms with Gasteiger partial charge in [0.05, 0.1) is 19.1 Å². The zero-order valence-electron chi connectivity index (χ0n) is 17.3. The fourth-order valence-corrected chi connectivity index (χ4v) is 5.38. The fraction of sp³-hybridized carbons (Fsp3) is 0.889. The van der Waals surface area contributed by atoms with Crippen LogP contribution in [0.4, 0.5) is 4.79 Å². The van der Waals surface area contributed by atoms with Crippen LogP contribution >= 0.6 is 11.8 Å². The number of ether oxygens (including phenoxy) is 1. The van der Waals surface area contributed by atoms with E-state index in [1.54, 1.807) is 0 Å². The number of aliphatic hydroxyl groups excluding tert-OH is 2. The van der Waals surface area contributed by atoms with Gasteiger partial charge in [-0.25, -0.2) is 4.79 Å². The maximum Gasteiger partial charge on any atom is 0.404 e. The zero-order chi connectivity index (χ0) is 21.9. The summed E-state index contributed by atoms with van der Waals surface area (Å²) in [7, 11) is 0. The van der Waals surface area contributed by atoms with Crippen LogP contribution < -0.4 is 32.7 Å². The molecule has 2 aliphatic heterocycles. The minimum Gasteiger partial charge on any atom is -0.448 e. The minimum atomic E-state index is -0.875. The van der Waals surface area contributed by atoms with Crippen LogP contribution in [0.15, 0.2) is 0 Å². The summed E-state index contributed by atoms with van der Waals surface area (Å²) in [5.41, 5.74) is 8.74. The van der Waals surface area contributed by atoms with Gasteiger partial charge in [-0.3, -0.25) is 20.7 Å². The van der Waals surface area contributed by atoms with Crippen molar-refractivity contribution in [3.05, 3.63) is 0 Å². The molecule has 0 aromatic rings. The maximum absolute atomic E-state index is 12.1. The second-order valence-electron chi connectivity index (χ2n) is 7.81. The number of nitrogens with one attached hydrogen (secondary N) is 4. The number of rotatable bonds is 14. The van der Waals surface area contributed by atoms with Crippen LogP contribution in [0.5, 0.6) is 0 Å². The molecule has 0 aromatic carbocycles. The normalized spacial score (nSPS) is 27.4. The predicted molar refractivity (Wildman–Crippen MR) is 113 cm³/mol. The van der Waals surface area contributed by atoms with Crippen LogP contribution in [-0.4, -0.2) is 83.6 Å². The van der Waals surface area contributed by atoms with Crippen molar-refractivity contribution in [2.24, 2.45) is 5.73 Å². The summed E-state index contributed by atoms with van der Waals surface area (Å²) in [6.45, 7) is 0.716. The number of carbonyl (C=O) groups excluding carboxylic acids is 2. The Morgan fingerprint density at radius 2 is 2.07 bits per heavy atom. The Hall–Kier alpha value is -1.15. The van der Waals surface area contributed by atoms with E-state index in [9.17, 15) is 19.8 Å². The number of nitrogens with two attached hydrogens (primary N) is 1. The third-order valence-corrected chi connectivity index (χ3v) is 6.86. The number of hydrogen-bond acceptors (Lipinski definition) is 9. The Labute approximate surface area is 181 Å². The average molecular weight is 450 g/mol. The van der Waals surface area contributed by atoms with Gasteiger partial charge in [-0.2, -0.15) is 11.8 Å². The number of thioether (sulfide) groups is 1. The molecule has 0 aliphatic carbocycles. The Bertz CT molecular complexity index is 545. The van der Waals surface area contributed by atoms with Crippen LogP contribution in [0.25, 0.3) is 0 Å². The molecule has 0 bridgehead atoms. The van der Waals surface area contributed by atoms with Gasteiger partial charge in [0.15, 0.2) is 6.35 Å². The largest absolute Gasteiger partial charge is 0.448 e. The van der Waals surface area contributed by atoms with E-state index in [0.717, 1.165) is 31.4 Å². The molecule has 2 fully saturated rings. The van der Waals surface area contributed by atoms with Crippen LogP contribution in [0.3, 0.4) is 0 Å². The number of unbranched alkanes of at least 4 members (excludes halogenated alkanes) is 1. The topological polar surface area (TPSA) is 186 Å². The molecule has 0 saturated carbocycles. The molecule has 2 saturated heterocycles. The molecule has 174 valence electrons. The zero-order valence-corrected chi connectivity index (χ0v) is 18.2. The highest BCUT2D eigenvalue weighted by molar-refractivity contribution is 8.00. The summed E-state index contributed by atoms with van der Waals surface area (Å²) in [4.78, 5) is 22.9. The first kappa shape index (κ1) is 25.1. The lowest BCUT2D eigenvalue weighted by molar-refractivity contribution is -0.368. The van der Waals surface area contributed by atoms with Gasteiger partial charge < -0.3 is 31.7 Å². The van der Waals surface area contributed by atoms with E-state index in [0.29, 0.717) is 36.7 Å². The summed E-state index contributed by atoms with van der Waals surface area (Å²) in [6, 6.07) is 0.300. The first-order valence-corrected chi connectivity index (χ1v) is 11.7. The van der Waals surface area contributed by atoms with Crippen LogP contribution in [-0.2, 0) is 9.53 Å². The van der Waals surface area contributed by atoms with E-state index in [1.807, 2.05) is 11.8 Å². The average Bonchev–Trinajstić information content (AvgIpc) is 3.25. The Morgan fingerprint density at radius 3 is 2.80 bits per heavy atom. The third-order valence-electron chi connectivity index (χ3n) is 5.36. The molecule has 11 nitrogen and oxygen atoms in total. The number of primary amides is 1. The van der Waals surface area contributed by atoms with Gasteiger partial charge in [-0.05, 0) is 32.1 Å². The molecule has 30 heavy (non-hydrogen) atoms.